The van der Waals surface area contributed by atoms with Gasteiger partial charge in [0.05, 0.1) is 28.6 Å². The van der Waals surface area contributed by atoms with Crippen LogP contribution in [0.3, 0.4) is 0 Å². The zero-order chi connectivity index (χ0) is 22.9. The van der Waals surface area contributed by atoms with Crippen LogP contribution in [0.4, 0.5) is 5.69 Å². The van der Waals surface area contributed by atoms with Gasteiger partial charge >= 0.3 is 0 Å². The normalized spacial score (nSPS) is 26.3. The topological polar surface area (TPSA) is 57.7 Å². The van der Waals surface area contributed by atoms with E-state index in [4.69, 9.17) is 23.2 Å². The van der Waals surface area contributed by atoms with E-state index in [2.05, 4.69) is 0 Å². The highest BCUT2D eigenvalue weighted by atomic mass is 35.5. The number of carbonyl (C=O) groups excluding carboxylic acids is 3. The third kappa shape index (κ3) is 2.95. The van der Waals surface area contributed by atoms with Crippen molar-refractivity contribution in [3.8, 4) is 0 Å². The molecule has 164 valence electrons. The molecule has 3 aliphatic heterocycles. The van der Waals surface area contributed by atoms with Gasteiger partial charge in [-0.1, -0.05) is 68.2 Å². The SMILES string of the molecule is CC(C)(C)C(=O)C1C2C(=O)N(c3cc(Cl)ccc3Cl)C(=O)C2C2c3ccccc3C=CN12. The highest BCUT2D eigenvalue weighted by Gasteiger charge is 2.65. The highest BCUT2D eigenvalue weighted by molar-refractivity contribution is 6.38. The first-order valence-electron chi connectivity index (χ1n) is 10.5. The number of amides is 2. The minimum absolute atomic E-state index is 0.0702. The van der Waals surface area contributed by atoms with Crippen LogP contribution in [0.25, 0.3) is 6.08 Å². The lowest BCUT2D eigenvalue weighted by molar-refractivity contribution is -0.135. The van der Waals surface area contributed by atoms with E-state index in [-0.39, 0.29) is 22.4 Å². The Morgan fingerprint density at radius 1 is 0.969 bits per heavy atom. The van der Waals surface area contributed by atoms with Crippen molar-refractivity contribution in [2.24, 2.45) is 17.3 Å². The number of fused-ring (bicyclic) bond motifs is 5. The van der Waals surface area contributed by atoms with Crippen LogP contribution in [0.2, 0.25) is 10.0 Å². The predicted octanol–water partition coefficient (Wildman–Crippen LogP) is 5.12. The largest absolute Gasteiger partial charge is 0.359 e. The van der Waals surface area contributed by atoms with Gasteiger partial charge in [-0.15, -0.1) is 0 Å². The average molecular weight is 469 g/mol. The predicted molar refractivity (Wildman–Crippen MR) is 124 cm³/mol. The molecule has 0 N–H and O–H groups in total. The average Bonchev–Trinajstić information content (AvgIpc) is 3.21. The lowest BCUT2D eigenvalue weighted by atomic mass is 9.79. The number of halogens is 2. The number of nitrogens with zero attached hydrogens (tertiary/aromatic N) is 2. The van der Waals surface area contributed by atoms with E-state index in [1.165, 1.54) is 6.07 Å². The number of anilines is 1. The molecule has 0 bridgehead atoms. The third-order valence-corrected chi connectivity index (χ3v) is 7.17. The van der Waals surface area contributed by atoms with Gasteiger partial charge in [-0.05, 0) is 35.4 Å². The van der Waals surface area contributed by atoms with Crippen molar-refractivity contribution in [2.45, 2.75) is 32.9 Å². The van der Waals surface area contributed by atoms with Gasteiger partial charge in [0.1, 0.15) is 6.04 Å². The van der Waals surface area contributed by atoms with E-state index < -0.39 is 35.2 Å². The number of hydrogen-bond acceptors (Lipinski definition) is 4. The number of Topliss-reactive ketones (excluding diaryl/α,β-unsaturated/α-hetero) is 1. The summed E-state index contributed by atoms with van der Waals surface area (Å²) in [4.78, 5) is 44.2. The molecule has 2 amide bonds. The van der Waals surface area contributed by atoms with E-state index in [1.54, 1.807) is 12.1 Å². The number of carbonyl (C=O) groups is 3. The molecular formula is C25H22Cl2N2O3. The molecule has 0 aliphatic carbocycles. The van der Waals surface area contributed by atoms with Gasteiger partial charge in [0.25, 0.3) is 0 Å². The maximum atomic E-state index is 13.8. The molecule has 0 radical (unpaired) electrons. The van der Waals surface area contributed by atoms with Gasteiger partial charge in [0, 0.05) is 16.6 Å². The Morgan fingerprint density at radius 3 is 2.38 bits per heavy atom. The first-order valence-corrected chi connectivity index (χ1v) is 11.3. The van der Waals surface area contributed by atoms with Crippen LogP contribution < -0.4 is 4.90 Å². The van der Waals surface area contributed by atoms with Gasteiger partial charge in [0.2, 0.25) is 11.8 Å². The van der Waals surface area contributed by atoms with Crippen molar-refractivity contribution in [3.05, 3.63) is 69.8 Å². The first-order chi connectivity index (χ1) is 15.1. The van der Waals surface area contributed by atoms with Crippen molar-refractivity contribution in [1.82, 2.24) is 4.90 Å². The lowest BCUT2D eigenvalue weighted by Gasteiger charge is -2.37. The van der Waals surface area contributed by atoms with E-state index in [0.29, 0.717) is 5.02 Å². The number of hydrogen-bond donors (Lipinski definition) is 0. The molecule has 5 nitrogen and oxygen atoms in total. The summed E-state index contributed by atoms with van der Waals surface area (Å²) in [6.07, 6.45) is 3.80. The Hall–Kier alpha value is -2.63. The minimum Gasteiger partial charge on any atom is -0.359 e. The van der Waals surface area contributed by atoms with E-state index in [9.17, 15) is 14.4 Å². The van der Waals surface area contributed by atoms with Gasteiger partial charge < -0.3 is 4.90 Å². The summed E-state index contributed by atoms with van der Waals surface area (Å²) >= 11 is 12.5. The summed E-state index contributed by atoms with van der Waals surface area (Å²) in [6, 6.07) is 11.3. The third-order valence-electron chi connectivity index (χ3n) is 6.62. The second-order valence-corrected chi connectivity index (χ2v) is 10.4. The van der Waals surface area contributed by atoms with Crippen molar-refractivity contribution < 1.29 is 14.4 Å². The van der Waals surface area contributed by atoms with Gasteiger partial charge in [-0.25, -0.2) is 4.90 Å². The molecule has 0 aromatic heterocycles. The van der Waals surface area contributed by atoms with Crippen molar-refractivity contribution in [3.63, 3.8) is 0 Å². The molecule has 7 heteroatoms. The van der Waals surface area contributed by atoms with E-state index >= 15 is 0 Å². The first kappa shape index (κ1) is 21.2. The molecule has 0 spiro atoms. The van der Waals surface area contributed by atoms with Crippen molar-refractivity contribution in [2.75, 3.05) is 4.90 Å². The van der Waals surface area contributed by atoms with Crippen LogP contribution in [-0.4, -0.2) is 28.5 Å². The van der Waals surface area contributed by atoms with Crippen LogP contribution in [0.1, 0.15) is 37.9 Å². The second kappa shape index (κ2) is 7.19. The maximum absolute atomic E-state index is 13.8. The molecule has 4 unspecified atom stereocenters. The number of rotatable bonds is 2. The molecule has 0 saturated carbocycles. The molecule has 2 aromatic rings. The van der Waals surface area contributed by atoms with Gasteiger partial charge in [-0.2, -0.15) is 0 Å². The Kier molecular flexibility index (Phi) is 4.77. The second-order valence-electron chi connectivity index (χ2n) is 9.55. The molecule has 5 rings (SSSR count). The fourth-order valence-electron chi connectivity index (χ4n) is 5.20. The zero-order valence-electron chi connectivity index (χ0n) is 17.9. The highest BCUT2D eigenvalue weighted by Crippen LogP contribution is 2.54. The quantitative estimate of drug-likeness (QED) is 0.573. The maximum Gasteiger partial charge on any atom is 0.240 e. The van der Waals surface area contributed by atoms with Gasteiger partial charge in [-0.3, -0.25) is 14.4 Å². The molecular weight excluding hydrogens is 447 g/mol. The van der Waals surface area contributed by atoms with Crippen molar-refractivity contribution >= 4 is 52.6 Å². The number of imide groups is 1. The molecule has 2 fully saturated rings. The monoisotopic (exact) mass is 468 g/mol. The molecule has 3 heterocycles. The van der Waals surface area contributed by atoms with E-state index in [1.807, 2.05) is 62.2 Å². The van der Waals surface area contributed by atoms with E-state index in [0.717, 1.165) is 16.0 Å². The fourth-order valence-corrected chi connectivity index (χ4v) is 5.56. The molecule has 32 heavy (non-hydrogen) atoms. The standard InChI is InChI=1S/C25H22Cl2N2O3/c1-25(2,3)22(30)21-19-18(20-15-7-5-4-6-13(15)10-11-28(20)21)23(31)29(24(19)32)17-12-14(26)8-9-16(17)27/h4-12,18-21H,1-3H3. The van der Waals surface area contributed by atoms with Crippen LogP contribution >= 0.6 is 23.2 Å². The number of ketones is 1. The summed E-state index contributed by atoms with van der Waals surface area (Å²) < 4.78 is 0. The van der Waals surface area contributed by atoms with Crippen LogP contribution in [0.15, 0.2) is 48.7 Å². The van der Waals surface area contributed by atoms with Crippen LogP contribution in [0, 0.1) is 17.3 Å². The smallest absolute Gasteiger partial charge is 0.240 e. The Morgan fingerprint density at radius 2 is 1.66 bits per heavy atom. The summed E-state index contributed by atoms with van der Waals surface area (Å²) in [5.74, 6) is -2.33. The number of benzene rings is 2. The molecule has 4 atom stereocenters. The minimum atomic E-state index is -0.801. The lowest BCUT2D eigenvalue weighted by Crippen LogP contribution is -2.47. The van der Waals surface area contributed by atoms with Crippen molar-refractivity contribution in [1.29, 1.82) is 0 Å². The van der Waals surface area contributed by atoms with Crippen LogP contribution in [-0.2, 0) is 14.4 Å². The zero-order valence-corrected chi connectivity index (χ0v) is 19.4. The Bertz CT molecular complexity index is 1200. The Labute approximate surface area is 196 Å². The molecule has 2 aromatic carbocycles. The van der Waals surface area contributed by atoms with Crippen LogP contribution in [0.5, 0.6) is 0 Å². The summed E-state index contributed by atoms with van der Waals surface area (Å²) in [5.41, 5.74) is 1.50. The molecule has 2 saturated heterocycles. The summed E-state index contributed by atoms with van der Waals surface area (Å²) in [7, 11) is 0. The summed E-state index contributed by atoms with van der Waals surface area (Å²) in [6.45, 7) is 5.52. The fraction of sp³-hybridized carbons (Fsp3) is 0.320. The Balaban J connectivity index is 1.69. The van der Waals surface area contributed by atoms with Gasteiger partial charge in [0.15, 0.2) is 5.78 Å². The molecule has 3 aliphatic rings. The summed E-state index contributed by atoms with van der Waals surface area (Å²) in [5, 5.41) is 0.632.